The Bertz CT molecular complexity index is 931. The van der Waals surface area contributed by atoms with Crippen molar-refractivity contribution >= 4 is 33.2 Å². The molecule has 144 valence electrons. The van der Waals surface area contributed by atoms with Crippen LogP contribution in [0.15, 0.2) is 53.4 Å². The Balaban J connectivity index is 1.96. The minimum absolute atomic E-state index is 0.0639. The molecule has 2 aromatic rings. The van der Waals surface area contributed by atoms with Crippen molar-refractivity contribution in [1.82, 2.24) is 4.90 Å². The number of piperidine rings is 1. The van der Waals surface area contributed by atoms with Gasteiger partial charge in [-0.2, -0.15) is 0 Å². The first-order valence-electron chi connectivity index (χ1n) is 8.97. The number of anilines is 1. The van der Waals surface area contributed by atoms with Crippen molar-refractivity contribution in [2.24, 2.45) is 0 Å². The number of para-hydroxylation sites is 1. The number of benzene rings is 2. The Hall–Kier alpha value is -2.05. The highest BCUT2D eigenvalue weighted by molar-refractivity contribution is 7.93. The van der Waals surface area contributed by atoms with Crippen LogP contribution in [0.5, 0.6) is 0 Å². The zero-order chi connectivity index (χ0) is 19.6. The van der Waals surface area contributed by atoms with Crippen LogP contribution >= 0.6 is 11.6 Å². The van der Waals surface area contributed by atoms with Crippen LogP contribution in [0.2, 0.25) is 5.02 Å². The smallest absolute Gasteiger partial charge is 0.265 e. The lowest BCUT2D eigenvalue weighted by Gasteiger charge is -2.33. The van der Waals surface area contributed by atoms with Crippen molar-refractivity contribution in [3.8, 4) is 0 Å². The molecule has 5 nitrogen and oxygen atoms in total. The molecule has 2 aromatic carbocycles. The van der Waals surface area contributed by atoms with Crippen molar-refractivity contribution in [2.75, 3.05) is 17.9 Å². The van der Waals surface area contributed by atoms with E-state index in [9.17, 15) is 13.2 Å². The van der Waals surface area contributed by atoms with E-state index in [-0.39, 0.29) is 21.9 Å². The summed E-state index contributed by atoms with van der Waals surface area (Å²) in [5.41, 5.74) is 0.864. The van der Waals surface area contributed by atoms with Crippen molar-refractivity contribution in [3.63, 3.8) is 0 Å². The lowest BCUT2D eigenvalue weighted by atomic mass is 10.0. The maximum Gasteiger partial charge on any atom is 0.265 e. The molecule has 3 rings (SSSR count). The first-order valence-corrected chi connectivity index (χ1v) is 10.8. The third-order valence-corrected chi connectivity index (χ3v) is 7.27. The molecule has 0 saturated carbocycles. The number of carbonyl (C=O) groups excluding carboxylic acids is 1. The zero-order valence-corrected chi connectivity index (χ0v) is 17.0. The van der Waals surface area contributed by atoms with Crippen molar-refractivity contribution in [3.05, 3.63) is 59.1 Å². The van der Waals surface area contributed by atoms with E-state index in [2.05, 4.69) is 0 Å². The van der Waals surface area contributed by atoms with Crippen molar-refractivity contribution in [1.29, 1.82) is 0 Å². The van der Waals surface area contributed by atoms with Crippen LogP contribution in [0, 0.1) is 0 Å². The van der Waals surface area contributed by atoms with Crippen LogP contribution < -0.4 is 4.31 Å². The fourth-order valence-electron chi connectivity index (χ4n) is 3.32. The number of hydrogen-bond donors (Lipinski definition) is 0. The summed E-state index contributed by atoms with van der Waals surface area (Å²) in [7, 11) is -2.42. The summed E-state index contributed by atoms with van der Waals surface area (Å²) < 4.78 is 27.3. The fourth-order valence-corrected chi connectivity index (χ4v) is 5.02. The van der Waals surface area contributed by atoms with E-state index in [4.69, 9.17) is 11.6 Å². The quantitative estimate of drug-likeness (QED) is 0.765. The number of rotatable bonds is 4. The van der Waals surface area contributed by atoms with Gasteiger partial charge in [-0.15, -0.1) is 0 Å². The van der Waals surface area contributed by atoms with Crippen LogP contribution in [0.4, 0.5) is 5.69 Å². The van der Waals surface area contributed by atoms with Gasteiger partial charge in [-0.3, -0.25) is 9.10 Å². The molecule has 27 heavy (non-hydrogen) atoms. The molecular weight excluding hydrogens is 384 g/mol. The van der Waals surface area contributed by atoms with Gasteiger partial charge in [-0.25, -0.2) is 8.42 Å². The monoisotopic (exact) mass is 406 g/mol. The van der Waals surface area contributed by atoms with Crippen molar-refractivity contribution in [2.45, 2.75) is 37.1 Å². The van der Waals surface area contributed by atoms with Crippen LogP contribution in [-0.4, -0.2) is 38.9 Å². The van der Waals surface area contributed by atoms with E-state index in [1.807, 2.05) is 17.9 Å². The Labute approximate surface area is 165 Å². The van der Waals surface area contributed by atoms with E-state index < -0.39 is 10.0 Å². The van der Waals surface area contributed by atoms with E-state index >= 15 is 0 Å². The molecule has 0 bridgehead atoms. The predicted octanol–water partition coefficient (Wildman–Crippen LogP) is 4.18. The van der Waals surface area contributed by atoms with E-state index in [1.54, 1.807) is 30.3 Å². The van der Waals surface area contributed by atoms with Gasteiger partial charge in [0.25, 0.3) is 15.9 Å². The highest BCUT2D eigenvalue weighted by Gasteiger charge is 2.28. The zero-order valence-electron chi connectivity index (χ0n) is 15.4. The molecule has 7 heteroatoms. The number of sulfonamides is 1. The maximum absolute atomic E-state index is 13.1. The molecular formula is C20H23ClN2O3S. The standard InChI is InChI=1S/C20H23ClN2O3S/c1-15-8-6-7-13-23(15)20(24)16-11-12-18(21)19(14-16)27(25,26)22(2)17-9-4-3-5-10-17/h3-5,9-12,14-15H,6-8,13H2,1-2H3. The Morgan fingerprint density at radius 1 is 1.15 bits per heavy atom. The summed E-state index contributed by atoms with van der Waals surface area (Å²) in [5, 5.41) is 0.0982. The highest BCUT2D eigenvalue weighted by atomic mass is 35.5. The lowest BCUT2D eigenvalue weighted by Crippen LogP contribution is -2.42. The molecule has 0 radical (unpaired) electrons. The number of carbonyl (C=O) groups is 1. The maximum atomic E-state index is 13.1. The molecule has 1 atom stereocenters. The topological polar surface area (TPSA) is 57.7 Å². The first-order chi connectivity index (χ1) is 12.8. The molecule has 0 aromatic heterocycles. The molecule has 1 amide bonds. The number of nitrogens with zero attached hydrogens (tertiary/aromatic N) is 2. The minimum Gasteiger partial charge on any atom is -0.336 e. The van der Waals surface area contributed by atoms with Gasteiger partial charge in [0.15, 0.2) is 0 Å². The van der Waals surface area contributed by atoms with Gasteiger partial charge in [-0.05, 0) is 56.5 Å². The molecule has 1 aliphatic rings. The third kappa shape index (κ3) is 3.96. The highest BCUT2D eigenvalue weighted by Crippen LogP contribution is 2.29. The second-order valence-corrected chi connectivity index (χ2v) is 9.14. The largest absolute Gasteiger partial charge is 0.336 e. The molecule has 1 fully saturated rings. The summed E-state index contributed by atoms with van der Waals surface area (Å²) in [6, 6.07) is 13.4. The number of halogens is 1. The minimum atomic E-state index is -3.89. The van der Waals surface area contributed by atoms with Crippen molar-refractivity contribution < 1.29 is 13.2 Å². The molecule has 1 saturated heterocycles. The first kappa shape index (κ1) is 19.7. The molecule has 0 N–H and O–H groups in total. The third-order valence-electron chi connectivity index (χ3n) is 5.00. The normalized spacial score (nSPS) is 17.6. The Morgan fingerprint density at radius 2 is 1.85 bits per heavy atom. The van der Waals surface area contributed by atoms with Gasteiger partial charge in [0.2, 0.25) is 0 Å². The van der Waals surface area contributed by atoms with E-state index in [1.165, 1.54) is 23.5 Å². The van der Waals surface area contributed by atoms with Crippen LogP contribution in [-0.2, 0) is 10.0 Å². The van der Waals surface area contributed by atoms with E-state index in [0.29, 0.717) is 17.8 Å². The molecule has 1 heterocycles. The van der Waals surface area contributed by atoms with Crippen LogP contribution in [0.1, 0.15) is 36.5 Å². The van der Waals surface area contributed by atoms with Crippen LogP contribution in [0.3, 0.4) is 0 Å². The summed E-state index contributed by atoms with van der Waals surface area (Å²) in [6.07, 6.45) is 3.03. The van der Waals surface area contributed by atoms with E-state index in [0.717, 1.165) is 19.3 Å². The second-order valence-electron chi connectivity index (χ2n) is 6.80. The van der Waals surface area contributed by atoms with Crippen LogP contribution in [0.25, 0.3) is 0 Å². The summed E-state index contributed by atoms with van der Waals surface area (Å²) in [5.74, 6) is -0.155. The molecule has 1 aliphatic heterocycles. The second kappa shape index (κ2) is 7.90. The number of likely N-dealkylation sites (tertiary alicyclic amines) is 1. The van der Waals surface area contributed by atoms with Gasteiger partial charge in [0.1, 0.15) is 4.90 Å². The Kier molecular flexibility index (Phi) is 5.77. The van der Waals surface area contributed by atoms with Gasteiger partial charge < -0.3 is 4.90 Å². The average molecular weight is 407 g/mol. The molecule has 0 aliphatic carbocycles. The van der Waals surface area contributed by atoms with Gasteiger partial charge in [0, 0.05) is 25.2 Å². The lowest BCUT2D eigenvalue weighted by molar-refractivity contribution is 0.0635. The SMILES string of the molecule is CC1CCCCN1C(=O)c1ccc(Cl)c(S(=O)(=O)N(C)c2ccccc2)c1. The summed E-state index contributed by atoms with van der Waals surface area (Å²) >= 11 is 6.20. The molecule has 1 unspecified atom stereocenters. The Morgan fingerprint density at radius 3 is 2.52 bits per heavy atom. The van der Waals surface area contributed by atoms with Gasteiger partial charge in [0.05, 0.1) is 10.7 Å². The average Bonchev–Trinajstić information content (AvgIpc) is 2.68. The predicted molar refractivity (Wildman–Crippen MR) is 108 cm³/mol. The number of amides is 1. The number of hydrogen-bond acceptors (Lipinski definition) is 3. The summed E-state index contributed by atoms with van der Waals surface area (Å²) in [6.45, 7) is 2.71. The molecule has 0 spiro atoms. The van der Waals surface area contributed by atoms with Gasteiger partial charge >= 0.3 is 0 Å². The fraction of sp³-hybridized carbons (Fsp3) is 0.350. The van der Waals surface area contributed by atoms with Gasteiger partial charge in [-0.1, -0.05) is 29.8 Å². The summed E-state index contributed by atoms with van der Waals surface area (Å²) in [4.78, 5) is 14.7.